The van der Waals surface area contributed by atoms with Crippen LogP contribution in [0.5, 0.6) is 0 Å². The van der Waals surface area contributed by atoms with E-state index in [4.69, 9.17) is 5.73 Å². The molecule has 1 aromatic rings. The van der Waals surface area contributed by atoms with Crippen LogP contribution < -0.4 is 11.1 Å². The maximum atomic E-state index is 12.0. The van der Waals surface area contributed by atoms with Crippen molar-refractivity contribution in [2.45, 2.75) is 12.5 Å². The first-order valence-electron chi connectivity index (χ1n) is 6.33. The van der Waals surface area contributed by atoms with E-state index >= 15 is 0 Å². The molecule has 6 heteroatoms. The molecule has 1 rings (SSSR count). The standard InChI is InChI=1S/C14H21N3O2S/c1-17(2)14(19)10-6-4-5-7-12(10)16-13(18)11(15)8-9-20-3/h4-7,11H,8-9,15H2,1-3H3,(H,16,18)/t11-/m0/s1. The molecule has 0 aliphatic heterocycles. The number of carbonyl (C=O) groups excluding carboxylic acids is 2. The monoisotopic (exact) mass is 295 g/mol. The summed E-state index contributed by atoms with van der Waals surface area (Å²) in [6.45, 7) is 0. The van der Waals surface area contributed by atoms with Crippen molar-refractivity contribution in [3.63, 3.8) is 0 Å². The zero-order valence-electron chi connectivity index (χ0n) is 12.1. The van der Waals surface area contributed by atoms with Crippen molar-refractivity contribution in [3.8, 4) is 0 Å². The Kier molecular flexibility index (Phi) is 6.54. The molecule has 0 bridgehead atoms. The Balaban J connectivity index is 2.82. The van der Waals surface area contributed by atoms with Gasteiger partial charge in [0.05, 0.1) is 17.3 Å². The number of hydrogen-bond donors (Lipinski definition) is 2. The predicted octanol–water partition coefficient (Wildman–Crippen LogP) is 1.41. The van der Waals surface area contributed by atoms with Crippen LogP contribution in [0.25, 0.3) is 0 Å². The molecule has 0 heterocycles. The SMILES string of the molecule is CSCC[C@H](N)C(=O)Nc1ccccc1C(=O)N(C)C. The number of thioether (sulfide) groups is 1. The van der Waals surface area contributed by atoms with E-state index in [1.54, 1.807) is 50.1 Å². The maximum Gasteiger partial charge on any atom is 0.255 e. The third kappa shape index (κ3) is 4.54. The molecular weight excluding hydrogens is 274 g/mol. The normalized spacial score (nSPS) is 11.8. The lowest BCUT2D eigenvalue weighted by Gasteiger charge is -2.16. The van der Waals surface area contributed by atoms with E-state index in [2.05, 4.69) is 5.32 Å². The van der Waals surface area contributed by atoms with E-state index in [0.717, 1.165) is 5.75 Å². The molecule has 20 heavy (non-hydrogen) atoms. The average Bonchev–Trinajstić information content (AvgIpc) is 2.44. The summed E-state index contributed by atoms with van der Waals surface area (Å²) in [4.78, 5) is 25.5. The summed E-state index contributed by atoms with van der Waals surface area (Å²) < 4.78 is 0. The van der Waals surface area contributed by atoms with Gasteiger partial charge in [0, 0.05) is 14.1 Å². The minimum Gasteiger partial charge on any atom is -0.345 e. The average molecular weight is 295 g/mol. The van der Waals surface area contributed by atoms with Crippen molar-refractivity contribution in [1.82, 2.24) is 4.90 Å². The largest absolute Gasteiger partial charge is 0.345 e. The van der Waals surface area contributed by atoms with Crippen molar-refractivity contribution in [1.29, 1.82) is 0 Å². The maximum absolute atomic E-state index is 12.0. The molecule has 0 unspecified atom stereocenters. The van der Waals surface area contributed by atoms with Crippen LogP contribution in [0, 0.1) is 0 Å². The summed E-state index contributed by atoms with van der Waals surface area (Å²) in [6, 6.07) is 6.36. The Labute approximate surface area is 123 Å². The van der Waals surface area contributed by atoms with Gasteiger partial charge in [0.2, 0.25) is 5.91 Å². The molecule has 5 nitrogen and oxygen atoms in total. The van der Waals surface area contributed by atoms with Gasteiger partial charge in [0.25, 0.3) is 5.91 Å². The summed E-state index contributed by atoms with van der Waals surface area (Å²) in [5, 5.41) is 2.73. The lowest BCUT2D eigenvalue weighted by atomic mass is 10.1. The van der Waals surface area contributed by atoms with Crippen molar-refractivity contribution in [2.75, 3.05) is 31.4 Å². The molecule has 2 amide bonds. The van der Waals surface area contributed by atoms with Crippen LogP contribution >= 0.6 is 11.8 Å². The van der Waals surface area contributed by atoms with Crippen molar-refractivity contribution < 1.29 is 9.59 Å². The highest BCUT2D eigenvalue weighted by Gasteiger charge is 2.17. The number of nitrogens with zero attached hydrogens (tertiary/aromatic N) is 1. The Morgan fingerprint density at radius 3 is 2.60 bits per heavy atom. The zero-order valence-corrected chi connectivity index (χ0v) is 12.9. The summed E-state index contributed by atoms with van der Waals surface area (Å²) in [5.74, 6) is 0.406. The molecule has 1 atom stereocenters. The van der Waals surface area contributed by atoms with Gasteiger partial charge >= 0.3 is 0 Å². The van der Waals surface area contributed by atoms with E-state index < -0.39 is 6.04 Å². The molecule has 3 N–H and O–H groups in total. The van der Waals surface area contributed by atoms with Gasteiger partial charge in [-0.2, -0.15) is 11.8 Å². The molecule has 1 aromatic carbocycles. The molecule has 0 aliphatic rings. The Hall–Kier alpha value is -1.53. The van der Waals surface area contributed by atoms with Crippen molar-refractivity contribution >= 4 is 29.3 Å². The third-order valence-corrected chi connectivity index (χ3v) is 3.44. The molecular formula is C14H21N3O2S. The third-order valence-electron chi connectivity index (χ3n) is 2.79. The van der Waals surface area contributed by atoms with Gasteiger partial charge in [0.15, 0.2) is 0 Å². The number of amides is 2. The smallest absolute Gasteiger partial charge is 0.255 e. The molecule has 110 valence electrons. The van der Waals surface area contributed by atoms with E-state index in [-0.39, 0.29) is 11.8 Å². The summed E-state index contributed by atoms with van der Waals surface area (Å²) in [7, 11) is 3.34. The first-order chi connectivity index (χ1) is 9.47. The highest BCUT2D eigenvalue weighted by molar-refractivity contribution is 7.98. The second-order valence-electron chi connectivity index (χ2n) is 4.62. The summed E-state index contributed by atoms with van der Waals surface area (Å²) in [5.41, 5.74) is 6.77. The number of nitrogens with one attached hydrogen (secondary N) is 1. The minimum atomic E-state index is -0.565. The van der Waals surface area contributed by atoms with Crippen molar-refractivity contribution in [2.24, 2.45) is 5.73 Å². The molecule has 0 fully saturated rings. The number of nitrogens with two attached hydrogens (primary N) is 1. The van der Waals surface area contributed by atoms with Crippen LogP contribution in [-0.2, 0) is 4.79 Å². The van der Waals surface area contributed by atoms with Gasteiger partial charge in [-0.15, -0.1) is 0 Å². The Morgan fingerprint density at radius 2 is 2.00 bits per heavy atom. The van der Waals surface area contributed by atoms with Gasteiger partial charge in [-0.3, -0.25) is 9.59 Å². The van der Waals surface area contributed by atoms with E-state index in [1.807, 2.05) is 6.26 Å². The highest BCUT2D eigenvalue weighted by atomic mass is 32.2. The first kappa shape index (κ1) is 16.5. The summed E-state index contributed by atoms with van der Waals surface area (Å²) in [6.07, 6.45) is 2.58. The molecule has 0 saturated heterocycles. The Morgan fingerprint density at radius 1 is 1.35 bits per heavy atom. The van der Waals surface area contributed by atoms with Gasteiger partial charge in [-0.1, -0.05) is 12.1 Å². The first-order valence-corrected chi connectivity index (χ1v) is 7.72. The highest BCUT2D eigenvalue weighted by Crippen LogP contribution is 2.17. The van der Waals surface area contributed by atoms with Gasteiger partial charge in [-0.25, -0.2) is 0 Å². The molecule has 0 saturated carbocycles. The fourth-order valence-corrected chi connectivity index (χ4v) is 2.11. The molecule has 0 radical (unpaired) electrons. The van der Waals surface area contributed by atoms with Gasteiger partial charge < -0.3 is 16.0 Å². The van der Waals surface area contributed by atoms with Gasteiger partial charge in [-0.05, 0) is 30.6 Å². The topological polar surface area (TPSA) is 75.4 Å². The van der Waals surface area contributed by atoms with Crippen LogP contribution in [0.4, 0.5) is 5.69 Å². The fraction of sp³-hybridized carbons (Fsp3) is 0.429. The second-order valence-corrected chi connectivity index (χ2v) is 5.61. The zero-order chi connectivity index (χ0) is 15.1. The lowest BCUT2D eigenvalue weighted by molar-refractivity contribution is -0.117. The number of anilines is 1. The Bertz CT molecular complexity index is 477. The number of carbonyl (C=O) groups is 2. The molecule has 0 aromatic heterocycles. The number of benzene rings is 1. The molecule has 0 aliphatic carbocycles. The lowest BCUT2D eigenvalue weighted by Crippen LogP contribution is -2.36. The summed E-state index contributed by atoms with van der Waals surface area (Å²) >= 11 is 1.64. The second kappa shape index (κ2) is 7.91. The van der Waals surface area contributed by atoms with Crippen LogP contribution in [0.3, 0.4) is 0 Å². The predicted molar refractivity (Wildman–Crippen MR) is 84.1 cm³/mol. The fourth-order valence-electron chi connectivity index (χ4n) is 1.62. The minimum absolute atomic E-state index is 0.154. The van der Waals surface area contributed by atoms with E-state index in [1.165, 1.54) is 4.90 Å². The number of para-hydroxylation sites is 1. The van der Waals surface area contributed by atoms with E-state index in [0.29, 0.717) is 17.7 Å². The molecule has 0 spiro atoms. The number of rotatable bonds is 6. The quantitative estimate of drug-likeness (QED) is 0.832. The van der Waals surface area contributed by atoms with Crippen LogP contribution in [0.15, 0.2) is 24.3 Å². The number of hydrogen-bond acceptors (Lipinski definition) is 4. The van der Waals surface area contributed by atoms with Crippen LogP contribution in [-0.4, -0.2) is 48.9 Å². The van der Waals surface area contributed by atoms with Crippen molar-refractivity contribution in [3.05, 3.63) is 29.8 Å². The van der Waals surface area contributed by atoms with Crippen LogP contribution in [0.2, 0.25) is 0 Å². The van der Waals surface area contributed by atoms with E-state index in [9.17, 15) is 9.59 Å². The van der Waals surface area contributed by atoms with Gasteiger partial charge in [0.1, 0.15) is 0 Å². The van der Waals surface area contributed by atoms with Crippen LogP contribution in [0.1, 0.15) is 16.8 Å².